The Morgan fingerprint density at radius 3 is 2.53 bits per heavy atom. The Labute approximate surface area is 179 Å². The van der Waals surface area contributed by atoms with E-state index in [0.717, 1.165) is 45.2 Å². The number of carboxylic acid groups (broad SMARTS) is 1. The number of carboxylic acids is 1. The molecule has 3 aliphatic rings. The van der Waals surface area contributed by atoms with Gasteiger partial charge in [0.05, 0.1) is 0 Å². The second-order valence-corrected chi connectivity index (χ2v) is 10.4. The van der Waals surface area contributed by atoms with E-state index < -0.39 is 11.6 Å². The van der Waals surface area contributed by atoms with Crippen molar-refractivity contribution in [2.45, 2.75) is 76.5 Å². The van der Waals surface area contributed by atoms with Crippen LogP contribution in [0.15, 0.2) is 30.3 Å². The molecule has 1 aromatic carbocycles. The zero-order chi connectivity index (χ0) is 21.5. The number of benzene rings is 1. The highest BCUT2D eigenvalue weighted by Crippen LogP contribution is 2.52. The van der Waals surface area contributed by atoms with Gasteiger partial charge in [0, 0.05) is 30.5 Å². The third-order valence-corrected chi connectivity index (χ3v) is 6.66. The monoisotopic (exact) mass is 414 g/mol. The van der Waals surface area contributed by atoms with Gasteiger partial charge in [-0.05, 0) is 65.0 Å². The molecule has 1 unspecified atom stereocenters. The summed E-state index contributed by atoms with van der Waals surface area (Å²) in [6.45, 7) is 7.95. The Morgan fingerprint density at radius 1 is 1.23 bits per heavy atom. The molecule has 1 amide bonds. The topological polar surface area (TPSA) is 70.1 Å². The average Bonchev–Trinajstić information content (AvgIpc) is 3.56. The molecular formula is C24H34N2O4. The van der Waals surface area contributed by atoms with Crippen molar-refractivity contribution in [3.05, 3.63) is 35.9 Å². The second kappa shape index (κ2) is 7.88. The molecule has 30 heavy (non-hydrogen) atoms. The first-order valence-corrected chi connectivity index (χ1v) is 11.2. The van der Waals surface area contributed by atoms with E-state index in [0.29, 0.717) is 12.5 Å². The summed E-state index contributed by atoms with van der Waals surface area (Å²) in [5, 5.41) is 9.53. The van der Waals surface area contributed by atoms with E-state index in [-0.39, 0.29) is 23.6 Å². The number of hydrogen-bond donors (Lipinski definition) is 1. The van der Waals surface area contributed by atoms with Crippen molar-refractivity contribution < 1.29 is 19.4 Å². The van der Waals surface area contributed by atoms with Crippen LogP contribution in [-0.4, -0.2) is 64.3 Å². The van der Waals surface area contributed by atoms with Gasteiger partial charge in [-0.25, -0.2) is 4.79 Å². The average molecular weight is 415 g/mol. The highest BCUT2D eigenvalue weighted by atomic mass is 16.6. The molecule has 0 spiro atoms. The maximum atomic E-state index is 13.1. The van der Waals surface area contributed by atoms with Crippen LogP contribution in [0.5, 0.6) is 0 Å². The summed E-state index contributed by atoms with van der Waals surface area (Å²) >= 11 is 0. The lowest BCUT2D eigenvalue weighted by Gasteiger charge is -2.33. The van der Waals surface area contributed by atoms with Crippen LogP contribution in [0.2, 0.25) is 0 Å². The minimum absolute atomic E-state index is 0.00122. The fraction of sp³-hybridized carbons (Fsp3) is 0.667. The van der Waals surface area contributed by atoms with Crippen molar-refractivity contribution in [1.29, 1.82) is 0 Å². The van der Waals surface area contributed by atoms with Gasteiger partial charge >= 0.3 is 12.1 Å². The van der Waals surface area contributed by atoms with E-state index in [1.54, 1.807) is 0 Å². The van der Waals surface area contributed by atoms with Crippen LogP contribution in [-0.2, 0) is 9.53 Å². The van der Waals surface area contributed by atoms with E-state index in [1.165, 1.54) is 5.56 Å². The molecule has 164 valence electrons. The first kappa shape index (κ1) is 21.2. The first-order chi connectivity index (χ1) is 14.2. The summed E-state index contributed by atoms with van der Waals surface area (Å²) in [4.78, 5) is 28.8. The fourth-order valence-corrected chi connectivity index (χ4v) is 4.85. The van der Waals surface area contributed by atoms with Crippen LogP contribution in [0, 0.1) is 5.41 Å². The number of carbonyl (C=O) groups is 2. The van der Waals surface area contributed by atoms with Gasteiger partial charge in [0.2, 0.25) is 0 Å². The van der Waals surface area contributed by atoms with Crippen molar-refractivity contribution in [2.24, 2.45) is 5.41 Å². The molecule has 3 fully saturated rings. The molecule has 4 rings (SSSR count). The number of ether oxygens (including phenoxy) is 1. The number of amides is 1. The summed E-state index contributed by atoms with van der Waals surface area (Å²) in [7, 11) is 0. The third kappa shape index (κ3) is 4.80. The minimum atomic E-state index is -0.723. The third-order valence-electron chi connectivity index (χ3n) is 6.66. The molecular weight excluding hydrogens is 380 g/mol. The highest BCUT2D eigenvalue weighted by molar-refractivity contribution is 5.73. The van der Waals surface area contributed by atoms with Gasteiger partial charge in [0.1, 0.15) is 11.6 Å². The number of hydrogen-bond acceptors (Lipinski definition) is 4. The summed E-state index contributed by atoms with van der Waals surface area (Å²) in [6.07, 6.45) is 4.45. The molecule has 2 aliphatic carbocycles. The number of likely N-dealkylation sites (tertiary alicyclic amines) is 1. The normalized spacial score (nSPS) is 27.5. The Bertz CT molecular complexity index is 784. The lowest BCUT2D eigenvalue weighted by Crippen LogP contribution is -2.46. The minimum Gasteiger partial charge on any atom is -0.480 e. The molecule has 1 N–H and O–H groups in total. The molecule has 0 bridgehead atoms. The molecule has 0 aromatic heterocycles. The lowest BCUT2D eigenvalue weighted by atomic mass is 10.0. The van der Waals surface area contributed by atoms with Crippen LogP contribution >= 0.6 is 0 Å². The van der Waals surface area contributed by atoms with Crippen molar-refractivity contribution in [2.75, 3.05) is 19.6 Å². The highest BCUT2D eigenvalue weighted by Gasteiger charge is 2.53. The molecule has 2 saturated carbocycles. The second-order valence-electron chi connectivity index (χ2n) is 10.4. The van der Waals surface area contributed by atoms with Crippen LogP contribution in [0.1, 0.15) is 64.4 Å². The Kier molecular flexibility index (Phi) is 5.56. The fourth-order valence-electron chi connectivity index (χ4n) is 4.85. The predicted molar refractivity (Wildman–Crippen MR) is 114 cm³/mol. The maximum absolute atomic E-state index is 13.1. The van der Waals surface area contributed by atoms with Crippen LogP contribution < -0.4 is 0 Å². The van der Waals surface area contributed by atoms with E-state index in [4.69, 9.17) is 4.74 Å². The quantitative estimate of drug-likeness (QED) is 0.727. The van der Waals surface area contributed by atoms with Crippen molar-refractivity contribution in [1.82, 2.24) is 9.80 Å². The predicted octanol–water partition coefficient (Wildman–Crippen LogP) is 4.11. The largest absolute Gasteiger partial charge is 0.480 e. The van der Waals surface area contributed by atoms with Gasteiger partial charge in [0.15, 0.2) is 0 Å². The number of nitrogens with zero attached hydrogens (tertiary/aromatic N) is 2. The Balaban J connectivity index is 1.47. The summed E-state index contributed by atoms with van der Waals surface area (Å²) in [6, 6.07) is 10.2. The van der Waals surface area contributed by atoms with E-state index in [1.807, 2.05) is 43.9 Å². The molecule has 3 atom stereocenters. The van der Waals surface area contributed by atoms with Gasteiger partial charge < -0.3 is 14.7 Å². The van der Waals surface area contributed by atoms with Gasteiger partial charge in [-0.2, -0.15) is 0 Å². The SMILES string of the molecule is CC(C)(C)OC(=O)N(CC1(CN2CCC[C@H]2C(=O)O)CC1)[C@H]1CC1c1ccccc1. The molecule has 1 saturated heterocycles. The molecule has 1 aromatic rings. The van der Waals surface area contributed by atoms with E-state index in [9.17, 15) is 14.7 Å². The van der Waals surface area contributed by atoms with Crippen LogP contribution in [0.3, 0.4) is 0 Å². The zero-order valence-electron chi connectivity index (χ0n) is 18.3. The van der Waals surface area contributed by atoms with E-state index >= 15 is 0 Å². The molecule has 6 heteroatoms. The summed E-state index contributed by atoms with van der Waals surface area (Å²) < 4.78 is 5.77. The Morgan fingerprint density at radius 2 is 1.93 bits per heavy atom. The van der Waals surface area contributed by atoms with Gasteiger partial charge in [0.25, 0.3) is 0 Å². The van der Waals surface area contributed by atoms with Crippen LogP contribution in [0.4, 0.5) is 4.79 Å². The van der Waals surface area contributed by atoms with Gasteiger partial charge in [-0.1, -0.05) is 30.3 Å². The van der Waals surface area contributed by atoms with Crippen LogP contribution in [0.25, 0.3) is 0 Å². The molecule has 1 aliphatic heterocycles. The number of aliphatic carboxylic acids is 1. The zero-order valence-corrected chi connectivity index (χ0v) is 18.3. The smallest absolute Gasteiger partial charge is 0.410 e. The lowest BCUT2D eigenvalue weighted by molar-refractivity contribution is -0.142. The van der Waals surface area contributed by atoms with Crippen molar-refractivity contribution >= 4 is 12.1 Å². The molecule has 0 radical (unpaired) electrons. The molecule has 6 nitrogen and oxygen atoms in total. The summed E-state index contributed by atoms with van der Waals surface area (Å²) in [5.74, 6) is -0.369. The number of rotatable bonds is 7. The van der Waals surface area contributed by atoms with E-state index in [2.05, 4.69) is 17.0 Å². The maximum Gasteiger partial charge on any atom is 0.410 e. The Hall–Kier alpha value is -2.08. The van der Waals surface area contributed by atoms with Gasteiger partial charge in [-0.15, -0.1) is 0 Å². The van der Waals surface area contributed by atoms with Crippen molar-refractivity contribution in [3.8, 4) is 0 Å². The standard InChI is InChI=1S/C24H34N2O4/c1-23(2,3)30-22(29)26(20-14-18(20)17-8-5-4-6-9-17)16-24(11-12-24)15-25-13-7-10-19(25)21(27)28/h4-6,8-9,18-20H,7,10-16H2,1-3H3,(H,27,28)/t18?,19-,20-/m0/s1. The van der Waals surface area contributed by atoms with Crippen molar-refractivity contribution in [3.63, 3.8) is 0 Å². The summed E-state index contributed by atoms with van der Waals surface area (Å²) in [5.41, 5.74) is 0.733. The number of carbonyl (C=O) groups excluding carboxylic acids is 1. The first-order valence-electron chi connectivity index (χ1n) is 11.2. The molecule has 1 heterocycles. The van der Waals surface area contributed by atoms with Gasteiger partial charge in [-0.3, -0.25) is 9.69 Å².